The number of aromatic nitrogens is 1. The number of benzene rings is 1. The molecule has 2 nitrogen and oxygen atoms in total. The zero-order valence-electron chi connectivity index (χ0n) is 8.27. The van der Waals surface area contributed by atoms with Gasteiger partial charge in [-0.2, -0.15) is 0 Å². The van der Waals surface area contributed by atoms with E-state index in [1.54, 1.807) is 0 Å². The van der Waals surface area contributed by atoms with Gasteiger partial charge in [0.15, 0.2) is 0 Å². The Bertz CT molecular complexity index is 432. The van der Waals surface area contributed by atoms with Crippen molar-refractivity contribution in [1.29, 1.82) is 0 Å². The maximum absolute atomic E-state index is 5.67. The first-order valence-electron chi connectivity index (χ1n) is 4.86. The summed E-state index contributed by atoms with van der Waals surface area (Å²) >= 11 is 0. The highest BCUT2D eigenvalue weighted by atomic mass is 14.7. The van der Waals surface area contributed by atoms with E-state index >= 15 is 0 Å². The highest BCUT2D eigenvalue weighted by Crippen LogP contribution is 2.22. The Labute approximate surface area is 83.8 Å². The van der Waals surface area contributed by atoms with Crippen LogP contribution in [0.25, 0.3) is 10.9 Å². The van der Waals surface area contributed by atoms with Crippen molar-refractivity contribution in [3.63, 3.8) is 0 Å². The Kier molecular flexibility index (Phi) is 2.46. The van der Waals surface area contributed by atoms with Crippen molar-refractivity contribution >= 4 is 10.9 Å². The molecule has 0 radical (unpaired) electrons. The van der Waals surface area contributed by atoms with E-state index in [1.807, 2.05) is 12.3 Å². The van der Waals surface area contributed by atoms with Crippen LogP contribution in [0.2, 0.25) is 0 Å². The molecule has 0 bridgehead atoms. The molecule has 1 aromatic carbocycles. The smallest absolute Gasteiger partial charge is 0.0737 e. The summed E-state index contributed by atoms with van der Waals surface area (Å²) in [6, 6.07) is 10.3. The lowest BCUT2D eigenvalue weighted by molar-refractivity contribution is 0.779. The second kappa shape index (κ2) is 3.76. The Morgan fingerprint density at radius 2 is 2.07 bits per heavy atom. The second-order valence-corrected chi connectivity index (χ2v) is 3.56. The highest BCUT2D eigenvalue weighted by Gasteiger charge is 2.07. The third-order valence-electron chi connectivity index (χ3n) is 2.55. The molecule has 1 heterocycles. The fraction of sp³-hybridized carbons (Fsp3) is 0.250. The van der Waals surface area contributed by atoms with Crippen molar-refractivity contribution in [1.82, 2.24) is 4.98 Å². The van der Waals surface area contributed by atoms with Crippen LogP contribution in [-0.2, 0) is 0 Å². The van der Waals surface area contributed by atoms with Gasteiger partial charge in [-0.05, 0) is 24.1 Å². The maximum atomic E-state index is 5.67. The van der Waals surface area contributed by atoms with Gasteiger partial charge in [0, 0.05) is 11.6 Å². The topological polar surface area (TPSA) is 38.9 Å². The van der Waals surface area contributed by atoms with Crippen molar-refractivity contribution in [3.8, 4) is 0 Å². The Morgan fingerprint density at radius 1 is 1.29 bits per heavy atom. The highest BCUT2D eigenvalue weighted by molar-refractivity contribution is 5.82. The summed E-state index contributed by atoms with van der Waals surface area (Å²) in [7, 11) is 0. The first-order chi connectivity index (χ1) is 6.83. The molecule has 2 heteroatoms. The minimum Gasteiger partial charge on any atom is -0.330 e. The van der Waals surface area contributed by atoms with Gasteiger partial charge in [0.1, 0.15) is 0 Å². The second-order valence-electron chi connectivity index (χ2n) is 3.56. The third kappa shape index (κ3) is 1.49. The molecule has 0 fully saturated rings. The van der Waals surface area contributed by atoms with Crippen LogP contribution in [0, 0.1) is 0 Å². The average molecular weight is 186 g/mol. The fourth-order valence-electron chi connectivity index (χ4n) is 1.65. The Hall–Kier alpha value is -1.41. The third-order valence-corrected chi connectivity index (χ3v) is 2.55. The van der Waals surface area contributed by atoms with Crippen molar-refractivity contribution in [2.24, 2.45) is 5.73 Å². The van der Waals surface area contributed by atoms with Crippen LogP contribution < -0.4 is 5.73 Å². The predicted molar refractivity (Wildman–Crippen MR) is 59.2 cm³/mol. The van der Waals surface area contributed by atoms with Crippen LogP contribution in [0.5, 0.6) is 0 Å². The number of nitrogens with zero attached hydrogens (tertiary/aromatic N) is 1. The number of fused-ring (bicyclic) bond motifs is 1. The van der Waals surface area contributed by atoms with E-state index in [4.69, 9.17) is 5.73 Å². The molecule has 0 aliphatic carbocycles. The van der Waals surface area contributed by atoms with E-state index in [0.717, 1.165) is 5.52 Å². The molecule has 2 aromatic rings. The van der Waals surface area contributed by atoms with Gasteiger partial charge in [-0.25, -0.2) is 0 Å². The average Bonchev–Trinajstić information content (AvgIpc) is 2.27. The molecular formula is C12H14N2. The summed E-state index contributed by atoms with van der Waals surface area (Å²) in [4.78, 5) is 4.39. The van der Waals surface area contributed by atoms with E-state index in [1.165, 1.54) is 10.9 Å². The molecule has 1 unspecified atom stereocenters. The standard InChI is InChI=1S/C12H14N2/c1-9(8-13)11-6-2-4-10-5-3-7-14-12(10)11/h2-7,9H,8,13H2,1H3. The molecule has 72 valence electrons. The Balaban J connectivity index is 2.65. The van der Waals surface area contributed by atoms with Gasteiger partial charge in [-0.15, -0.1) is 0 Å². The number of nitrogens with two attached hydrogens (primary N) is 1. The number of pyridine rings is 1. The zero-order valence-corrected chi connectivity index (χ0v) is 8.27. The molecule has 0 aliphatic heterocycles. The minimum atomic E-state index is 0.369. The van der Waals surface area contributed by atoms with E-state index in [-0.39, 0.29) is 0 Å². The zero-order chi connectivity index (χ0) is 9.97. The lowest BCUT2D eigenvalue weighted by atomic mass is 9.98. The van der Waals surface area contributed by atoms with Crippen molar-refractivity contribution in [3.05, 3.63) is 42.1 Å². The molecule has 0 amide bonds. The minimum absolute atomic E-state index is 0.369. The summed E-state index contributed by atoms with van der Waals surface area (Å²) in [5, 5.41) is 1.19. The molecule has 14 heavy (non-hydrogen) atoms. The fourth-order valence-corrected chi connectivity index (χ4v) is 1.65. The monoisotopic (exact) mass is 186 g/mol. The van der Waals surface area contributed by atoms with Crippen molar-refractivity contribution < 1.29 is 0 Å². The first-order valence-corrected chi connectivity index (χ1v) is 4.86. The number of hydrogen-bond acceptors (Lipinski definition) is 2. The number of hydrogen-bond donors (Lipinski definition) is 1. The molecule has 0 saturated heterocycles. The quantitative estimate of drug-likeness (QED) is 0.781. The van der Waals surface area contributed by atoms with Crippen molar-refractivity contribution in [2.75, 3.05) is 6.54 Å². The number of rotatable bonds is 2. The summed E-state index contributed by atoms with van der Waals surface area (Å²) in [5.74, 6) is 0.369. The molecule has 0 spiro atoms. The molecule has 2 rings (SSSR count). The van der Waals surface area contributed by atoms with E-state index in [0.29, 0.717) is 12.5 Å². The molecule has 0 aliphatic rings. The van der Waals surface area contributed by atoms with Gasteiger partial charge >= 0.3 is 0 Å². The molecule has 2 N–H and O–H groups in total. The van der Waals surface area contributed by atoms with Crippen LogP contribution in [0.15, 0.2) is 36.5 Å². The summed E-state index contributed by atoms with van der Waals surface area (Å²) in [6.45, 7) is 2.79. The van der Waals surface area contributed by atoms with Gasteiger partial charge in [-0.3, -0.25) is 4.98 Å². The number of para-hydroxylation sites is 1. The summed E-state index contributed by atoms with van der Waals surface area (Å²) < 4.78 is 0. The molecule has 1 aromatic heterocycles. The van der Waals surface area contributed by atoms with E-state index in [9.17, 15) is 0 Å². The molecule has 1 atom stereocenters. The van der Waals surface area contributed by atoms with Gasteiger partial charge in [-0.1, -0.05) is 31.2 Å². The lowest BCUT2D eigenvalue weighted by Gasteiger charge is -2.10. The Morgan fingerprint density at radius 3 is 2.86 bits per heavy atom. The van der Waals surface area contributed by atoms with Crippen molar-refractivity contribution in [2.45, 2.75) is 12.8 Å². The van der Waals surface area contributed by atoms with Crippen LogP contribution in [0.1, 0.15) is 18.4 Å². The normalized spacial score (nSPS) is 13.0. The van der Waals surface area contributed by atoms with Gasteiger partial charge in [0.05, 0.1) is 5.52 Å². The summed E-state index contributed by atoms with van der Waals surface area (Å²) in [5.41, 5.74) is 7.99. The van der Waals surface area contributed by atoms with E-state index < -0.39 is 0 Å². The van der Waals surface area contributed by atoms with Gasteiger partial charge in [0.2, 0.25) is 0 Å². The largest absolute Gasteiger partial charge is 0.330 e. The lowest BCUT2D eigenvalue weighted by Crippen LogP contribution is -2.09. The first kappa shape index (κ1) is 9.16. The van der Waals surface area contributed by atoms with Crippen LogP contribution in [-0.4, -0.2) is 11.5 Å². The van der Waals surface area contributed by atoms with Crippen LogP contribution in [0.3, 0.4) is 0 Å². The predicted octanol–water partition coefficient (Wildman–Crippen LogP) is 2.30. The van der Waals surface area contributed by atoms with E-state index in [2.05, 4.69) is 36.2 Å². The molecule has 0 saturated carbocycles. The van der Waals surface area contributed by atoms with Crippen LogP contribution >= 0.6 is 0 Å². The van der Waals surface area contributed by atoms with Gasteiger partial charge < -0.3 is 5.73 Å². The molecular weight excluding hydrogens is 172 g/mol. The summed E-state index contributed by atoms with van der Waals surface area (Å²) in [6.07, 6.45) is 1.83. The van der Waals surface area contributed by atoms with Crippen LogP contribution in [0.4, 0.5) is 0 Å². The maximum Gasteiger partial charge on any atom is 0.0737 e. The SMILES string of the molecule is CC(CN)c1cccc2cccnc12. The van der Waals surface area contributed by atoms with Gasteiger partial charge in [0.25, 0.3) is 0 Å².